The molecule has 0 aromatic carbocycles. The van der Waals surface area contributed by atoms with Crippen LogP contribution in [0.2, 0.25) is 0 Å². The van der Waals surface area contributed by atoms with Crippen LogP contribution in [-0.4, -0.2) is 43.2 Å². The Labute approximate surface area is 117 Å². The maximum Gasteiger partial charge on any atom is 0.250 e. The Balaban J connectivity index is 1.55. The molecule has 1 amide bonds. The minimum atomic E-state index is -0.324. The van der Waals surface area contributed by atoms with Crippen molar-refractivity contribution in [1.29, 1.82) is 0 Å². The molecule has 0 saturated carbocycles. The Bertz CT molecular complexity index is 402. The van der Waals surface area contributed by atoms with E-state index in [1.54, 1.807) is 11.3 Å². The lowest BCUT2D eigenvalue weighted by atomic mass is 10.2. The molecule has 2 rings (SSSR count). The van der Waals surface area contributed by atoms with Gasteiger partial charge in [-0.2, -0.15) is 0 Å². The van der Waals surface area contributed by atoms with Crippen LogP contribution in [0.25, 0.3) is 0 Å². The molecule has 0 aliphatic carbocycles. The molecule has 1 unspecified atom stereocenters. The first-order valence-corrected chi connectivity index (χ1v) is 7.65. The van der Waals surface area contributed by atoms with E-state index in [1.807, 2.05) is 6.92 Å². The third-order valence-electron chi connectivity index (χ3n) is 3.00. The fourth-order valence-corrected chi connectivity index (χ4v) is 2.80. The highest BCUT2D eigenvalue weighted by atomic mass is 32.1. The maximum absolute atomic E-state index is 11.7. The van der Waals surface area contributed by atoms with Crippen LogP contribution in [0, 0.1) is 6.92 Å². The Hall–Kier alpha value is -0.980. The van der Waals surface area contributed by atoms with Gasteiger partial charge in [0.25, 0.3) is 0 Å². The predicted molar refractivity (Wildman–Crippen MR) is 75.4 cm³/mol. The first-order valence-electron chi connectivity index (χ1n) is 6.77. The molecule has 1 aliphatic heterocycles. The largest absolute Gasteiger partial charge is 0.366 e. The van der Waals surface area contributed by atoms with Gasteiger partial charge in [0.15, 0.2) is 0 Å². The number of nitrogens with one attached hydrogen (secondary N) is 2. The molecule has 1 aliphatic rings. The fraction of sp³-hybridized carbons (Fsp3) is 0.692. The molecule has 1 aromatic heterocycles. The Morgan fingerprint density at radius 2 is 2.53 bits per heavy atom. The van der Waals surface area contributed by atoms with Crippen LogP contribution in [0.4, 0.5) is 0 Å². The Morgan fingerprint density at radius 3 is 3.21 bits per heavy atom. The molecule has 106 valence electrons. The summed E-state index contributed by atoms with van der Waals surface area (Å²) < 4.78 is 5.39. The van der Waals surface area contributed by atoms with E-state index in [4.69, 9.17) is 4.74 Å². The fourth-order valence-electron chi connectivity index (χ4n) is 1.98. The Morgan fingerprint density at radius 1 is 1.63 bits per heavy atom. The highest BCUT2D eigenvalue weighted by Gasteiger charge is 2.20. The summed E-state index contributed by atoms with van der Waals surface area (Å²) in [7, 11) is 0. The normalized spacial score (nSPS) is 19.3. The number of aryl methyl sites for hydroxylation is 2. The average molecular weight is 283 g/mol. The summed E-state index contributed by atoms with van der Waals surface area (Å²) in [6.07, 6.45) is 2.70. The standard InChI is InChI=1S/C13H21N3O2S/c1-10-9-19-12(16-10)4-2-3-5-15-13(17)11-8-14-6-7-18-11/h9,11,14H,2-8H2,1H3,(H,15,17). The third kappa shape index (κ3) is 4.89. The molecule has 1 atom stereocenters. The van der Waals surface area contributed by atoms with Crippen molar-refractivity contribution in [3.05, 3.63) is 16.1 Å². The minimum absolute atomic E-state index is 0.00251. The second-order valence-electron chi connectivity index (χ2n) is 4.69. The number of morpholine rings is 1. The predicted octanol–water partition coefficient (Wildman–Crippen LogP) is 0.879. The number of hydrogen-bond donors (Lipinski definition) is 2. The summed E-state index contributed by atoms with van der Waals surface area (Å²) in [6, 6.07) is 0. The van der Waals surface area contributed by atoms with E-state index < -0.39 is 0 Å². The van der Waals surface area contributed by atoms with Crippen LogP contribution in [-0.2, 0) is 16.0 Å². The average Bonchev–Trinajstić information content (AvgIpc) is 2.85. The number of hydrogen-bond acceptors (Lipinski definition) is 5. The molecule has 0 bridgehead atoms. The zero-order valence-corrected chi connectivity index (χ0v) is 12.1. The van der Waals surface area contributed by atoms with Gasteiger partial charge in [-0.3, -0.25) is 4.79 Å². The first kappa shape index (κ1) is 14.4. The molecule has 5 nitrogen and oxygen atoms in total. The van der Waals surface area contributed by atoms with Gasteiger partial charge in [-0.25, -0.2) is 4.98 Å². The van der Waals surface area contributed by atoms with E-state index in [1.165, 1.54) is 5.01 Å². The van der Waals surface area contributed by atoms with Crippen molar-refractivity contribution in [2.75, 3.05) is 26.2 Å². The zero-order valence-electron chi connectivity index (χ0n) is 11.3. The number of nitrogens with zero attached hydrogens (tertiary/aromatic N) is 1. The van der Waals surface area contributed by atoms with Gasteiger partial charge in [-0.1, -0.05) is 0 Å². The third-order valence-corrected chi connectivity index (χ3v) is 4.03. The zero-order chi connectivity index (χ0) is 13.5. The van der Waals surface area contributed by atoms with E-state index in [9.17, 15) is 4.79 Å². The SMILES string of the molecule is Cc1csc(CCCCNC(=O)C2CNCCO2)n1. The summed E-state index contributed by atoms with van der Waals surface area (Å²) >= 11 is 1.71. The first-order chi connectivity index (χ1) is 9.25. The smallest absolute Gasteiger partial charge is 0.250 e. The van der Waals surface area contributed by atoms with Crippen molar-refractivity contribution >= 4 is 17.2 Å². The van der Waals surface area contributed by atoms with Gasteiger partial charge >= 0.3 is 0 Å². The van der Waals surface area contributed by atoms with Gasteiger partial charge in [0.1, 0.15) is 6.10 Å². The number of amides is 1. The molecular formula is C13H21N3O2S. The second kappa shape index (κ2) is 7.57. The molecule has 2 N–H and O–H groups in total. The van der Waals surface area contributed by atoms with E-state index in [0.29, 0.717) is 19.7 Å². The quantitative estimate of drug-likeness (QED) is 0.761. The van der Waals surface area contributed by atoms with Crippen molar-refractivity contribution in [3.8, 4) is 0 Å². The highest BCUT2D eigenvalue weighted by Crippen LogP contribution is 2.11. The van der Waals surface area contributed by atoms with Crippen molar-refractivity contribution in [3.63, 3.8) is 0 Å². The van der Waals surface area contributed by atoms with Crippen LogP contribution in [0.15, 0.2) is 5.38 Å². The van der Waals surface area contributed by atoms with Gasteiger partial charge in [0, 0.05) is 30.7 Å². The van der Waals surface area contributed by atoms with Crippen LogP contribution < -0.4 is 10.6 Å². The summed E-state index contributed by atoms with van der Waals surface area (Å²) in [4.78, 5) is 16.2. The van der Waals surface area contributed by atoms with Gasteiger partial charge in [0.05, 0.1) is 11.6 Å². The summed E-state index contributed by atoms with van der Waals surface area (Å²) in [5, 5.41) is 9.33. The molecule has 19 heavy (non-hydrogen) atoms. The number of unbranched alkanes of at least 4 members (excludes halogenated alkanes) is 1. The van der Waals surface area contributed by atoms with E-state index >= 15 is 0 Å². The molecule has 1 aromatic rings. The van der Waals surface area contributed by atoms with Crippen molar-refractivity contribution < 1.29 is 9.53 Å². The second-order valence-corrected chi connectivity index (χ2v) is 5.64. The summed E-state index contributed by atoms with van der Waals surface area (Å²) in [5.74, 6) is -0.00251. The summed E-state index contributed by atoms with van der Waals surface area (Å²) in [6.45, 7) is 4.78. The van der Waals surface area contributed by atoms with E-state index in [0.717, 1.165) is 31.5 Å². The van der Waals surface area contributed by atoms with Crippen LogP contribution in [0.3, 0.4) is 0 Å². The van der Waals surface area contributed by atoms with Crippen molar-refractivity contribution in [2.24, 2.45) is 0 Å². The molecule has 1 saturated heterocycles. The lowest BCUT2D eigenvalue weighted by Gasteiger charge is -2.22. The lowest BCUT2D eigenvalue weighted by Crippen LogP contribution is -2.48. The molecular weight excluding hydrogens is 262 g/mol. The van der Waals surface area contributed by atoms with E-state index in [-0.39, 0.29) is 12.0 Å². The summed E-state index contributed by atoms with van der Waals surface area (Å²) in [5.41, 5.74) is 1.09. The maximum atomic E-state index is 11.7. The molecule has 2 heterocycles. The lowest BCUT2D eigenvalue weighted by molar-refractivity contribution is -0.134. The topological polar surface area (TPSA) is 63.2 Å². The number of carbonyl (C=O) groups excluding carboxylic acids is 1. The molecule has 6 heteroatoms. The molecule has 1 fully saturated rings. The number of thiazole rings is 1. The number of ether oxygens (including phenoxy) is 1. The van der Waals surface area contributed by atoms with Crippen LogP contribution >= 0.6 is 11.3 Å². The number of aromatic nitrogens is 1. The van der Waals surface area contributed by atoms with Crippen LogP contribution in [0.1, 0.15) is 23.5 Å². The Kier molecular flexibility index (Phi) is 5.75. The minimum Gasteiger partial charge on any atom is -0.366 e. The van der Waals surface area contributed by atoms with Gasteiger partial charge in [-0.15, -0.1) is 11.3 Å². The van der Waals surface area contributed by atoms with Gasteiger partial charge < -0.3 is 15.4 Å². The van der Waals surface area contributed by atoms with Crippen molar-refractivity contribution in [2.45, 2.75) is 32.3 Å². The van der Waals surface area contributed by atoms with Gasteiger partial charge in [-0.05, 0) is 26.2 Å². The van der Waals surface area contributed by atoms with Gasteiger partial charge in [0.2, 0.25) is 5.91 Å². The van der Waals surface area contributed by atoms with E-state index in [2.05, 4.69) is 21.0 Å². The highest BCUT2D eigenvalue weighted by molar-refractivity contribution is 7.09. The molecule has 0 spiro atoms. The monoisotopic (exact) mass is 283 g/mol. The van der Waals surface area contributed by atoms with Crippen molar-refractivity contribution in [1.82, 2.24) is 15.6 Å². The molecule has 0 radical (unpaired) electrons. The number of carbonyl (C=O) groups is 1. The van der Waals surface area contributed by atoms with Crippen LogP contribution in [0.5, 0.6) is 0 Å². The number of rotatable bonds is 6.